The van der Waals surface area contributed by atoms with Gasteiger partial charge in [-0.25, -0.2) is 0 Å². The molecule has 1 unspecified atom stereocenters. The van der Waals surface area contributed by atoms with E-state index in [2.05, 4.69) is 5.32 Å². The van der Waals surface area contributed by atoms with Crippen LogP contribution in [0, 0.1) is 12.8 Å². The standard InChI is InChI=1S/C16H22ClNO4/c1-10(2)16(4,8-15(20)21)18-14(19)9-22-12-5-6-13(17)11(3)7-12/h5-7,10H,8-9H2,1-4H3,(H,18,19)(H,20,21). The molecule has 0 radical (unpaired) electrons. The molecule has 122 valence electrons. The summed E-state index contributed by atoms with van der Waals surface area (Å²) in [5.74, 6) is -0.789. The number of aliphatic carboxylic acids is 1. The van der Waals surface area contributed by atoms with Gasteiger partial charge in [0.15, 0.2) is 6.61 Å². The lowest BCUT2D eigenvalue weighted by atomic mass is 9.85. The van der Waals surface area contributed by atoms with E-state index in [-0.39, 0.29) is 24.9 Å². The number of ether oxygens (including phenoxy) is 1. The van der Waals surface area contributed by atoms with E-state index in [1.54, 1.807) is 25.1 Å². The van der Waals surface area contributed by atoms with Crippen molar-refractivity contribution < 1.29 is 19.4 Å². The van der Waals surface area contributed by atoms with Crippen molar-refractivity contribution in [1.29, 1.82) is 0 Å². The maximum absolute atomic E-state index is 12.0. The summed E-state index contributed by atoms with van der Waals surface area (Å²) in [4.78, 5) is 23.0. The molecule has 6 heteroatoms. The number of carbonyl (C=O) groups is 2. The Morgan fingerprint density at radius 2 is 2.05 bits per heavy atom. The number of amides is 1. The van der Waals surface area contributed by atoms with E-state index in [4.69, 9.17) is 21.4 Å². The van der Waals surface area contributed by atoms with Gasteiger partial charge < -0.3 is 15.2 Å². The SMILES string of the molecule is Cc1cc(OCC(=O)NC(C)(CC(=O)O)C(C)C)ccc1Cl. The van der Waals surface area contributed by atoms with Crippen molar-refractivity contribution in [3.05, 3.63) is 28.8 Å². The van der Waals surface area contributed by atoms with Gasteiger partial charge in [0.2, 0.25) is 0 Å². The number of carboxylic acid groups (broad SMARTS) is 1. The molecule has 0 bridgehead atoms. The minimum atomic E-state index is -0.953. The zero-order valence-corrected chi connectivity index (χ0v) is 14.0. The first kappa shape index (κ1) is 18.3. The number of carboxylic acids is 1. The normalized spacial score (nSPS) is 13.5. The Balaban J connectivity index is 2.64. The van der Waals surface area contributed by atoms with Crippen LogP contribution in [-0.2, 0) is 9.59 Å². The van der Waals surface area contributed by atoms with Gasteiger partial charge in [0.1, 0.15) is 5.75 Å². The average Bonchev–Trinajstić information content (AvgIpc) is 2.39. The highest BCUT2D eigenvalue weighted by molar-refractivity contribution is 6.31. The fourth-order valence-electron chi connectivity index (χ4n) is 1.92. The van der Waals surface area contributed by atoms with Crippen molar-refractivity contribution in [2.24, 2.45) is 5.92 Å². The fraction of sp³-hybridized carbons (Fsp3) is 0.500. The second kappa shape index (κ2) is 7.49. The summed E-state index contributed by atoms with van der Waals surface area (Å²) < 4.78 is 5.42. The Morgan fingerprint density at radius 3 is 2.55 bits per heavy atom. The number of aryl methyl sites for hydroxylation is 1. The largest absolute Gasteiger partial charge is 0.484 e. The quantitative estimate of drug-likeness (QED) is 0.807. The summed E-state index contributed by atoms with van der Waals surface area (Å²) in [6, 6.07) is 5.13. The number of rotatable bonds is 7. The van der Waals surface area contributed by atoms with Gasteiger partial charge in [-0.1, -0.05) is 25.4 Å². The predicted molar refractivity (Wildman–Crippen MR) is 85.3 cm³/mol. The van der Waals surface area contributed by atoms with E-state index in [0.717, 1.165) is 5.56 Å². The molecule has 0 aromatic heterocycles. The first-order valence-electron chi connectivity index (χ1n) is 7.06. The van der Waals surface area contributed by atoms with Gasteiger partial charge in [0.05, 0.1) is 12.0 Å². The van der Waals surface area contributed by atoms with Crippen LogP contribution in [0.4, 0.5) is 0 Å². The van der Waals surface area contributed by atoms with Crippen LogP contribution in [0.15, 0.2) is 18.2 Å². The molecule has 0 saturated heterocycles. The van der Waals surface area contributed by atoms with Crippen LogP contribution >= 0.6 is 11.6 Å². The van der Waals surface area contributed by atoms with Crippen LogP contribution < -0.4 is 10.1 Å². The molecule has 1 rings (SSSR count). The molecule has 22 heavy (non-hydrogen) atoms. The van der Waals surface area contributed by atoms with E-state index < -0.39 is 11.5 Å². The molecule has 5 nitrogen and oxygen atoms in total. The highest BCUT2D eigenvalue weighted by atomic mass is 35.5. The summed E-state index contributed by atoms with van der Waals surface area (Å²) in [6.45, 7) is 7.12. The Hall–Kier alpha value is -1.75. The summed E-state index contributed by atoms with van der Waals surface area (Å²) in [7, 11) is 0. The zero-order valence-electron chi connectivity index (χ0n) is 13.3. The molecule has 0 aliphatic rings. The molecule has 0 aliphatic heterocycles. The third-order valence-corrected chi connectivity index (χ3v) is 4.14. The van der Waals surface area contributed by atoms with Crippen LogP contribution in [-0.4, -0.2) is 29.1 Å². The number of nitrogens with one attached hydrogen (secondary N) is 1. The third kappa shape index (κ3) is 5.22. The third-order valence-electron chi connectivity index (χ3n) is 3.72. The lowest BCUT2D eigenvalue weighted by molar-refractivity contribution is -0.139. The number of carbonyl (C=O) groups excluding carboxylic acids is 1. The molecule has 1 aromatic rings. The van der Waals surface area contributed by atoms with Gasteiger partial charge in [-0.15, -0.1) is 0 Å². The Bertz CT molecular complexity index is 559. The van der Waals surface area contributed by atoms with Crippen molar-refractivity contribution in [1.82, 2.24) is 5.32 Å². The summed E-state index contributed by atoms with van der Waals surface area (Å²) in [5.41, 5.74) is 0.0415. The van der Waals surface area contributed by atoms with E-state index in [1.165, 1.54) is 0 Å². The van der Waals surface area contributed by atoms with E-state index in [1.807, 2.05) is 20.8 Å². The van der Waals surface area contributed by atoms with E-state index in [9.17, 15) is 9.59 Å². The second-order valence-electron chi connectivity index (χ2n) is 5.89. The second-order valence-corrected chi connectivity index (χ2v) is 6.30. The number of benzene rings is 1. The van der Waals surface area contributed by atoms with Crippen molar-refractivity contribution in [3.8, 4) is 5.75 Å². The topological polar surface area (TPSA) is 75.6 Å². The average molecular weight is 328 g/mol. The maximum atomic E-state index is 12.0. The van der Waals surface area contributed by atoms with Gasteiger partial charge in [-0.3, -0.25) is 9.59 Å². The van der Waals surface area contributed by atoms with Crippen molar-refractivity contribution >= 4 is 23.5 Å². The van der Waals surface area contributed by atoms with Gasteiger partial charge in [0, 0.05) is 5.02 Å². The number of hydrogen-bond donors (Lipinski definition) is 2. The van der Waals surface area contributed by atoms with E-state index >= 15 is 0 Å². The van der Waals surface area contributed by atoms with Crippen molar-refractivity contribution in [3.63, 3.8) is 0 Å². The summed E-state index contributed by atoms with van der Waals surface area (Å²) in [5, 5.41) is 12.4. The first-order valence-corrected chi connectivity index (χ1v) is 7.43. The van der Waals surface area contributed by atoms with Crippen molar-refractivity contribution in [2.45, 2.75) is 39.7 Å². The monoisotopic (exact) mass is 327 g/mol. The highest BCUT2D eigenvalue weighted by Gasteiger charge is 2.32. The van der Waals surface area contributed by atoms with Crippen LogP contribution in [0.5, 0.6) is 5.75 Å². The van der Waals surface area contributed by atoms with Crippen LogP contribution in [0.3, 0.4) is 0 Å². The first-order chi connectivity index (χ1) is 10.1. The fourth-order valence-corrected chi connectivity index (χ4v) is 2.03. The Labute approximate surface area is 135 Å². The van der Waals surface area contributed by atoms with Crippen LogP contribution in [0.2, 0.25) is 5.02 Å². The lowest BCUT2D eigenvalue weighted by Gasteiger charge is -2.33. The molecule has 1 atom stereocenters. The van der Waals surface area contributed by atoms with Gasteiger partial charge in [-0.05, 0) is 43.5 Å². The Kier molecular flexibility index (Phi) is 6.23. The zero-order chi connectivity index (χ0) is 16.9. The highest BCUT2D eigenvalue weighted by Crippen LogP contribution is 2.22. The number of hydrogen-bond acceptors (Lipinski definition) is 3. The minimum Gasteiger partial charge on any atom is -0.484 e. The lowest BCUT2D eigenvalue weighted by Crippen LogP contribution is -2.52. The summed E-state index contributed by atoms with van der Waals surface area (Å²) in [6.07, 6.45) is -0.142. The maximum Gasteiger partial charge on any atom is 0.305 e. The van der Waals surface area contributed by atoms with Gasteiger partial charge >= 0.3 is 5.97 Å². The van der Waals surface area contributed by atoms with Crippen LogP contribution in [0.1, 0.15) is 32.8 Å². The van der Waals surface area contributed by atoms with Gasteiger partial charge in [-0.2, -0.15) is 0 Å². The molecule has 0 saturated carbocycles. The van der Waals surface area contributed by atoms with E-state index in [0.29, 0.717) is 10.8 Å². The Morgan fingerprint density at radius 1 is 1.41 bits per heavy atom. The minimum absolute atomic E-state index is 0.0228. The molecule has 0 spiro atoms. The van der Waals surface area contributed by atoms with Crippen LogP contribution in [0.25, 0.3) is 0 Å². The molecule has 1 aromatic carbocycles. The molecular weight excluding hydrogens is 306 g/mol. The molecule has 0 aliphatic carbocycles. The summed E-state index contributed by atoms with van der Waals surface area (Å²) >= 11 is 5.92. The molecule has 1 amide bonds. The smallest absolute Gasteiger partial charge is 0.305 e. The predicted octanol–water partition coefficient (Wildman–Crippen LogP) is 3.03. The van der Waals surface area contributed by atoms with Crippen molar-refractivity contribution in [2.75, 3.05) is 6.61 Å². The number of halogens is 1. The molecule has 0 heterocycles. The molecular formula is C16H22ClNO4. The molecule has 0 fully saturated rings. The molecule has 2 N–H and O–H groups in total. The van der Waals surface area contributed by atoms with Gasteiger partial charge in [0.25, 0.3) is 5.91 Å².